The second-order valence-electron chi connectivity index (χ2n) is 3.68. The molecule has 0 aromatic carbocycles. The lowest BCUT2D eigenvalue weighted by atomic mass is 10.2. The molecule has 1 aliphatic heterocycles. The molecule has 1 aromatic rings. The van der Waals surface area contributed by atoms with E-state index in [-0.39, 0.29) is 18.4 Å². The molecule has 2 heterocycles. The van der Waals surface area contributed by atoms with Gasteiger partial charge in [-0.3, -0.25) is 0 Å². The molecule has 0 bridgehead atoms. The molecule has 1 atom stereocenters. The van der Waals surface area contributed by atoms with Crippen LogP contribution >= 0.6 is 0 Å². The molecule has 10 heteroatoms. The molecule has 8 nitrogen and oxygen atoms in total. The second-order valence-corrected chi connectivity index (χ2v) is 5.52. The van der Waals surface area contributed by atoms with Crippen molar-refractivity contribution < 1.29 is 25.4 Å². The standard InChI is InChI=1S/C7H11N6O2S.ClH/c1-16(14,15)13-5-12-6(4-9-11-8)2-3-7(12)10-13;/h5-6H,2-4H2,1H3;1H/q+1;/p-1. The van der Waals surface area contributed by atoms with Gasteiger partial charge in [0.15, 0.2) is 0 Å². The van der Waals surface area contributed by atoms with E-state index in [1.54, 1.807) is 4.57 Å². The first-order valence-electron chi connectivity index (χ1n) is 4.73. The Labute approximate surface area is 104 Å². The van der Waals surface area contributed by atoms with E-state index >= 15 is 0 Å². The third kappa shape index (κ3) is 2.68. The average molecular weight is 279 g/mol. The first-order chi connectivity index (χ1) is 7.52. The Kier molecular flexibility index (Phi) is 3.97. The van der Waals surface area contributed by atoms with Crippen LogP contribution in [0.4, 0.5) is 0 Å². The largest absolute Gasteiger partial charge is 1.00 e. The van der Waals surface area contributed by atoms with E-state index in [0.717, 1.165) is 16.8 Å². The Morgan fingerprint density at radius 2 is 2.47 bits per heavy atom. The Morgan fingerprint density at radius 1 is 1.76 bits per heavy atom. The molecule has 0 N–H and O–H groups in total. The number of aromatic nitrogens is 3. The van der Waals surface area contributed by atoms with Gasteiger partial charge in [0.05, 0.1) is 23.9 Å². The molecule has 0 saturated carbocycles. The van der Waals surface area contributed by atoms with Crippen LogP contribution in [0.2, 0.25) is 0 Å². The lowest BCUT2D eigenvalue weighted by molar-refractivity contribution is -0.714. The number of hydrogen-bond acceptors (Lipinski definition) is 4. The number of fused-ring (bicyclic) bond motifs is 1. The van der Waals surface area contributed by atoms with Crippen LogP contribution in [0.25, 0.3) is 10.4 Å². The van der Waals surface area contributed by atoms with Gasteiger partial charge in [0.1, 0.15) is 0 Å². The number of aryl methyl sites for hydroxylation is 1. The minimum absolute atomic E-state index is 0. The monoisotopic (exact) mass is 278 g/mol. The molecule has 94 valence electrons. The highest BCUT2D eigenvalue weighted by atomic mass is 35.5. The maximum atomic E-state index is 11.3. The topological polar surface area (TPSA) is 105 Å². The van der Waals surface area contributed by atoms with Gasteiger partial charge >= 0.3 is 10.0 Å². The SMILES string of the molecule is CS(=O)(=O)n1c[n+]2c(n1)CCC2CN=[N+]=[N-].[Cl-]. The molecule has 0 saturated heterocycles. The van der Waals surface area contributed by atoms with Gasteiger partial charge in [0.2, 0.25) is 6.33 Å². The Balaban J connectivity index is 0.00000144. The highest BCUT2D eigenvalue weighted by Gasteiger charge is 2.32. The van der Waals surface area contributed by atoms with Crippen LogP contribution < -0.4 is 17.0 Å². The summed E-state index contributed by atoms with van der Waals surface area (Å²) in [6, 6.07) is 0.0152. The fraction of sp³-hybridized carbons (Fsp3) is 0.714. The highest BCUT2D eigenvalue weighted by Crippen LogP contribution is 2.16. The van der Waals surface area contributed by atoms with Crippen molar-refractivity contribution in [3.8, 4) is 0 Å². The average Bonchev–Trinajstić information content (AvgIpc) is 2.73. The van der Waals surface area contributed by atoms with Crippen molar-refractivity contribution in [2.24, 2.45) is 5.11 Å². The van der Waals surface area contributed by atoms with Crippen molar-refractivity contribution in [1.82, 2.24) is 9.19 Å². The summed E-state index contributed by atoms with van der Waals surface area (Å²) in [5.74, 6) is 0.712. The lowest BCUT2D eigenvalue weighted by Gasteiger charge is -2.02. The van der Waals surface area contributed by atoms with Crippen LogP contribution in [0, 0.1) is 0 Å². The molecule has 2 rings (SSSR count). The number of nitrogens with zero attached hydrogens (tertiary/aromatic N) is 6. The van der Waals surface area contributed by atoms with E-state index in [2.05, 4.69) is 15.1 Å². The summed E-state index contributed by atoms with van der Waals surface area (Å²) in [4.78, 5) is 2.69. The van der Waals surface area contributed by atoms with Crippen molar-refractivity contribution in [3.63, 3.8) is 0 Å². The smallest absolute Gasteiger partial charge is 0.309 e. The number of rotatable bonds is 3. The van der Waals surface area contributed by atoms with Gasteiger partial charge in [-0.05, 0) is 16.0 Å². The molecule has 1 unspecified atom stereocenters. The quantitative estimate of drug-likeness (QED) is 0.251. The highest BCUT2D eigenvalue weighted by molar-refractivity contribution is 7.89. The lowest BCUT2D eigenvalue weighted by Crippen LogP contribution is -3.00. The van der Waals surface area contributed by atoms with Crippen molar-refractivity contribution in [3.05, 3.63) is 22.6 Å². The Hall–Kier alpha value is -1.31. The van der Waals surface area contributed by atoms with Crippen LogP contribution in [0.15, 0.2) is 11.4 Å². The summed E-state index contributed by atoms with van der Waals surface area (Å²) in [7, 11) is -3.34. The second kappa shape index (κ2) is 4.91. The van der Waals surface area contributed by atoms with Gasteiger partial charge in [-0.25, -0.2) is 4.57 Å². The van der Waals surface area contributed by atoms with Crippen LogP contribution in [0.1, 0.15) is 18.3 Å². The third-order valence-corrected chi connectivity index (χ3v) is 3.38. The van der Waals surface area contributed by atoms with Crippen LogP contribution in [-0.4, -0.2) is 30.4 Å². The molecular weight excluding hydrogens is 268 g/mol. The van der Waals surface area contributed by atoms with Gasteiger partial charge < -0.3 is 12.4 Å². The molecule has 0 spiro atoms. The maximum Gasteiger partial charge on any atom is 0.309 e. The summed E-state index contributed by atoms with van der Waals surface area (Å²) in [6.07, 6.45) is 4.06. The number of hydrogen-bond donors (Lipinski definition) is 0. The summed E-state index contributed by atoms with van der Waals surface area (Å²) in [5, 5.41) is 7.47. The summed E-state index contributed by atoms with van der Waals surface area (Å²) < 4.78 is 25.2. The maximum absolute atomic E-state index is 11.3. The molecule has 1 aromatic heterocycles. The summed E-state index contributed by atoms with van der Waals surface area (Å²) >= 11 is 0. The predicted molar refractivity (Wildman–Crippen MR) is 54.0 cm³/mol. The van der Waals surface area contributed by atoms with Crippen molar-refractivity contribution >= 4 is 10.0 Å². The van der Waals surface area contributed by atoms with Crippen molar-refractivity contribution in [2.75, 3.05) is 12.8 Å². The first kappa shape index (κ1) is 13.8. The van der Waals surface area contributed by atoms with Crippen LogP contribution in [0.3, 0.4) is 0 Å². The molecule has 1 aliphatic rings. The van der Waals surface area contributed by atoms with Gasteiger partial charge in [-0.1, -0.05) is 5.11 Å². The number of azide groups is 1. The fourth-order valence-electron chi connectivity index (χ4n) is 1.75. The fourth-order valence-corrected chi connectivity index (χ4v) is 2.27. The number of halogens is 1. The van der Waals surface area contributed by atoms with Crippen molar-refractivity contribution in [1.29, 1.82) is 0 Å². The van der Waals surface area contributed by atoms with E-state index in [1.165, 1.54) is 6.33 Å². The van der Waals surface area contributed by atoms with Crippen LogP contribution in [-0.2, 0) is 16.4 Å². The molecule has 0 aliphatic carbocycles. The third-order valence-electron chi connectivity index (χ3n) is 2.53. The zero-order chi connectivity index (χ0) is 11.8. The Bertz CT molecular complexity index is 561. The molecule has 0 fully saturated rings. The van der Waals surface area contributed by atoms with Gasteiger partial charge in [0, 0.05) is 11.3 Å². The van der Waals surface area contributed by atoms with Gasteiger partial charge in [0.25, 0.3) is 5.82 Å². The van der Waals surface area contributed by atoms with Crippen LogP contribution in [0.5, 0.6) is 0 Å². The predicted octanol–water partition coefficient (Wildman–Crippen LogP) is -3.22. The molecular formula is C7H11ClN6O2S. The minimum Gasteiger partial charge on any atom is -1.00 e. The summed E-state index contributed by atoms with van der Waals surface area (Å²) in [5.41, 5.74) is 8.24. The zero-order valence-electron chi connectivity index (χ0n) is 9.06. The molecule has 0 amide bonds. The minimum atomic E-state index is -3.34. The van der Waals surface area contributed by atoms with Gasteiger partial charge in [-0.2, -0.15) is 8.42 Å². The first-order valence-corrected chi connectivity index (χ1v) is 6.58. The molecule has 0 radical (unpaired) electrons. The van der Waals surface area contributed by atoms with E-state index in [0.29, 0.717) is 18.8 Å². The van der Waals surface area contributed by atoms with Crippen molar-refractivity contribution in [2.45, 2.75) is 18.9 Å². The Morgan fingerprint density at radius 3 is 3.06 bits per heavy atom. The van der Waals surface area contributed by atoms with E-state index in [4.69, 9.17) is 5.53 Å². The summed E-state index contributed by atoms with van der Waals surface area (Å²) in [6.45, 7) is 0.323. The zero-order valence-corrected chi connectivity index (χ0v) is 10.6. The normalized spacial score (nSPS) is 18.1. The van der Waals surface area contributed by atoms with E-state index < -0.39 is 10.0 Å². The van der Waals surface area contributed by atoms with E-state index in [1.807, 2.05) is 0 Å². The van der Waals surface area contributed by atoms with E-state index in [9.17, 15) is 8.42 Å². The van der Waals surface area contributed by atoms with Gasteiger partial charge in [-0.15, -0.1) is 0 Å². The molecule has 17 heavy (non-hydrogen) atoms.